The van der Waals surface area contributed by atoms with E-state index in [1.807, 2.05) is 4.98 Å². The first-order valence-electron chi connectivity index (χ1n) is 6.77. The average molecular weight is 471 g/mol. The van der Waals surface area contributed by atoms with Crippen LogP contribution < -0.4 is 11.2 Å². The molecule has 1 aliphatic rings. The van der Waals surface area contributed by atoms with Crippen LogP contribution in [0.4, 0.5) is 4.39 Å². The molecule has 3 N–H and O–H groups in total. The Morgan fingerprint density at radius 3 is 2.74 bits per heavy atom. The highest BCUT2D eigenvalue weighted by atomic mass is 35.5. The Labute approximate surface area is 155 Å². The van der Waals surface area contributed by atoms with Crippen LogP contribution in [0.5, 0.6) is 0 Å². The van der Waals surface area contributed by atoms with E-state index in [-0.39, 0.29) is 11.4 Å². The number of H-pyrrole nitrogens is 1. The third-order valence-electron chi connectivity index (χ3n) is 3.08. The molecule has 150 valence electrons. The smallest absolute Gasteiger partial charge is 0.349 e. The van der Waals surface area contributed by atoms with Gasteiger partial charge >= 0.3 is 30.0 Å². The van der Waals surface area contributed by atoms with E-state index in [0.29, 0.717) is 0 Å². The lowest BCUT2D eigenvalue weighted by Gasteiger charge is -2.14. The summed E-state index contributed by atoms with van der Waals surface area (Å²) in [5.74, 6) is 0. The Morgan fingerprint density at radius 2 is 2.11 bits per heavy atom. The van der Waals surface area contributed by atoms with Crippen LogP contribution in [0.1, 0.15) is 12.6 Å². The Hall–Kier alpha value is -0.910. The Morgan fingerprint density at radius 1 is 1.44 bits per heavy atom. The largest absolute Gasteiger partial charge is 0.708 e. The summed E-state index contributed by atoms with van der Waals surface area (Å²) in [5, 5.41) is -0.328. The van der Waals surface area contributed by atoms with Crippen LogP contribution in [0.3, 0.4) is 0 Å². The van der Waals surface area contributed by atoms with Crippen LogP contribution in [-0.2, 0) is 31.6 Å². The number of nitrogens with one attached hydrogen (secondary N) is 1. The van der Waals surface area contributed by atoms with Crippen molar-refractivity contribution in [2.24, 2.45) is 0 Å². The van der Waals surface area contributed by atoms with E-state index in [4.69, 9.17) is 26.1 Å². The normalized spacial score (nSPS) is 25.9. The van der Waals surface area contributed by atoms with E-state index in [0.717, 1.165) is 10.8 Å². The molecule has 0 saturated carbocycles. The van der Waals surface area contributed by atoms with Gasteiger partial charge in [-0.2, -0.15) is 0 Å². The number of aromatic amines is 1. The number of hydrogen-bond donors (Lipinski definition) is 3. The lowest BCUT2D eigenvalue weighted by Crippen LogP contribution is -2.32. The summed E-state index contributed by atoms with van der Waals surface area (Å²) in [5.41, 5.74) is -1.73. The minimum absolute atomic E-state index is 0.328. The molecule has 18 heteroatoms. The predicted octanol–water partition coefficient (Wildman–Crippen LogP) is 1.27. The Kier molecular flexibility index (Phi) is 7.51. The SMILES string of the molecule is O=c1[nH]c(=O)n([C@H]2C[C@H](F)[C@@H](CO[P+](=O)OP(=O)(O)O[P+](=O)O)O2)cc1Cl. The summed E-state index contributed by atoms with van der Waals surface area (Å²) in [7, 11) is -12.0. The van der Waals surface area contributed by atoms with E-state index < -0.39 is 60.7 Å². The summed E-state index contributed by atoms with van der Waals surface area (Å²) in [4.78, 5) is 42.2. The first kappa shape index (κ1) is 22.4. The molecule has 0 aliphatic carbocycles. The van der Waals surface area contributed by atoms with Crippen LogP contribution >= 0.6 is 35.9 Å². The number of hydrogen-bond acceptors (Lipinski definition) is 9. The predicted molar refractivity (Wildman–Crippen MR) is 85.1 cm³/mol. The third kappa shape index (κ3) is 6.30. The van der Waals surface area contributed by atoms with Crippen molar-refractivity contribution < 1.29 is 45.8 Å². The van der Waals surface area contributed by atoms with Crippen molar-refractivity contribution in [3.8, 4) is 0 Å². The van der Waals surface area contributed by atoms with Crippen molar-refractivity contribution >= 4 is 35.9 Å². The number of phosphoric acid groups is 1. The molecule has 13 nitrogen and oxygen atoms in total. The van der Waals surface area contributed by atoms with Gasteiger partial charge in [-0.3, -0.25) is 19.2 Å². The van der Waals surface area contributed by atoms with Gasteiger partial charge < -0.3 is 4.74 Å². The molecule has 27 heavy (non-hydrogen) atoms. The lowest BCUT2D eigenvalue weighted by atomic mass is 10.2. The molecule has 1 fully saturated rings. The van der Waals surface area contributed by atoms with Gasteiger partial charge in [-0.15, -0.1) is 9.42 Å². The molecule has 2 heterocycles. The van der Waals surface area contributed by atoms with Gasteiger partial charge in [0.25, 0.3) is 5.56 Å². The van der Waals surface area contributed by atoms with Gasteiger partial charge in [0, 0.05) is 30.4 Å². The van der Waals surface area contributed by atoms with Crippen molar-refractivity contribution in [1.29, 1.82) is 0 Å². The molecule has 1 saturated heterocycles. The van der Waals surface area contributed by atoms with E-state index in [1.54, 1.807) is 0 Å². The molecule has 0 radical (unpaired) electrons. The fraction of sp³-hybridized carbons (Fsp3) is 0.556. The second-order valence-electron chi connectivity index (χ2n) is 4.91. The van der Waals surface area contributed by atoms with Gasteiger partial charge in [0.15, 0.2) is 0 Å². The number of aromatic nitrogens is 2. The zero-order valence-corrected chi connectivity index (χ0v) is 16.3. The van der Waals surface area contributed by atoms with Crippen LogP contribution in [-0.4, -0.2) is 38.2 Å². The molecule has 2 rings (SSSR count). The zero-order chi connectivity index (χ0) is 20.4. The quantitative estimate of drug-likeness (QED) is 0.465. The fourth-order valence-corrected chi connectivity index (χ4v) is 4.41. The van der Waals surface area contributed by atoms with E-state index in [2.05, 4.69) is 13.1 Å². The molecular weight excluding hydrogens is 459 g/mol. The molecule has 0 bridgehead atoms. The fourth-order valence-electron chi connectivity index (χ4n) is 2.03. The van der Waals surface area contributed by atoms with E-state index in [9.17, 15) is 27.7 Å². The number of alkyl halides is 1. The first-order chi connectivity index (χ1) is 12.5. The van der Waals surface area contributed by atoms with Crippen LogP contribution in [0, 0.1) is 0 Å². The summed E-state index contributed by atoms with van der Waals surface area (Å²) in [6.45, 7) is -0.718. The van der Waals surface area contributed by atoms with Crippen molar-refractivity contribution in [2.75, 3.05) is 6.61 Å². The minimum atomic E-state index is -5.13. The van der Waals surface area contributed by atoms with Crippen LogP contribution in [0.2, 0.25) is 5.02 Å². The number of ether oxygens (including phenoxy) is 1. The number of nitrogens with zero attached hydrogens (tertiary/aromatic N) is 1. The van der Waals surface area contributed by atoms with Crippen LogP contribution in [0.25, 0.3) is 0 Å². The average Bonchev–Trinajstić information content (AvgIpc) is 2.87. The van der Waals surface area contributed by atoms with E-state index >= 15 is 0 Å². The van der Waals surface area contributed by atoms with Gasteiger partial charge in [0.2, 0.25) is 0 Å². The van der Waals surface area contributed by atoms with Crippen molar-refractivity contribution in [3.63, 3.8) is 0 Å². The van der Waals surface area contributed by atoms with Crippen molar-refractivity contribution in [3.05, 3.63) is 32.1 Å². The Balaban J connectivity index is 1.96. The summed E-state index contributed by atoms with van der Waals surface area (Å²) in [6.07, 6.45) is -3.56. The molecule has 0 aromatic carbocycles. The zero-order valence-electron chi connectivity index (χ0n) is 12.8. The summed E-state index contributed by atoms with van der Waals surface area (Å²) in [6, 6.07) is 0. The summed E-state index contributed by atoms with van der Waals surface area (Å²) >= 11 is 5.60. The maximum Gasteiger partial charge on any atom is 0.708 e. The summed E-state index contributed by atoms with van der Waals surface area (Å²) < 4.78 is 65.1. The highest BCUT2D eigenvalue weighted by molar-refractivity contribution is 7.61. The molecule has 1 aromatic rings. The highest BCUT2D eigenvalue weighted by Crippen LogP contribution is 2.57. The standard InChI is InChI=1S/C9H9ClFN2O11P3/c10-4-2-13(9(15)12-8(4)14)7-1-5(11)6(22-7)3-21-26(18)24-27(19,20)23-25(16)17/h2,5-7H,1,3H2,(H-2,12,14,15,16,17,19,20)/p+2/t5-,6+,7+/m0/s1. The number of rotatable bonds is 8. The third-order valence-corrected chi connectivity index (χ3v) is 6.46. The van der Waals surface area contributed by atoms with E-state index in [1.165, 1.54) is 0 Å². The van der Waals surface area contributed by atoms with Crippen LogP contribution in [0.15, 0.2) is 15.8 Å². The Bertz CT molecular complexity index is 906. The number of halogens is 2. The monoisotopic (exact) mass is 470 g/mol. The maximum atomic E-state index is 14.0. The minimum Gasteiger partial charge on any atom is -0.349 e. The van der Waals surface area contributed by atoms with Gasteiger partial charge in [0.05, 0.1) is 0 Å². The first-order valence-corrected chi connectivity index (χ1v) is 10.9. The molecule has 6 atom stereocenters. The highest BCUT2D eigenvalue weighted by Gasteiger charge is 2.46. The van der Waals surface area contributed by atoms with Gasteiger partial charge in [-0.05, 0) is 0 Å². The molecule has 0 amide bonds. The van der Waals surface area contributed by atoms with Crippen molar-refractivity contribution in [1.82, 2.24) is 9.55 Å². The second-order valence-corrected chi connectivity index (χ2v) is 8.75. The molecule has 3 unspecified atom stereocenters. The molecule has 1 aromatic heterocycles. The van der Waals surface area contributed by atoms with Gasteiger partial charge in [-0.25, -0.2) is 13.8 Å². The molecular formula is C9H11ClFN2O11P3+2. The van der Waals surface area contributed by atoms with Crippen molar-refractivity contribution in [2.45, 2.75) is 24.9 Å². The second kappa shape index (κ2) is 9.06. The molecule has 1 aliphatic heterocycles. The van der Waals surface area contributed by atoms with Gasteiger partial charge in [0.1, 0.15) is 30.1 Å². The lowest BCUT2D eigenvalue weighted by molar-refractivity contribution is -0.0309. The topological polar surface area (TPSA) is 183 Å². The van der Waals surface area contributed by atoms with Gasteiger partial charge in [-0.1, -0.05) is 11.6 Å². The molecule has 0 spiro atoms. The maximum absolute atomic E-state index is 14.0.